The van der Waals surface area contributed by atoms with Crippen LogP contribution in [0.3, 0.4) is 0 Å². The summed E-state index contributed by atoms with van der Waals surface area (Å²) in [4.78, 5) is 15.8. The first-order chi connectivity index (χ1) is 18.9. The quantitative estimate of drug-likeness (QED) is 0.233. The van der Waals surface area contributed by atoms with Gasteiger partial charge in [0.25, 0.3) is 0 Å². The van der Waals surface area contributed by atoms with Gasteiger partial charge >= 0.3 is 0 Å². The number of tetrazole rings is 1. The molecular formula is C26H21ClFN9O2. The lowest BCUT2D eigenvalue weighted by Crippen LogP contribution is -2.36. The molecule has 39 heavy (non-hydrogen) atoms. The Hall–Kier alpha value is -4.71. The van der Waals surface area contributed by atoms with E-state index < -0.39 is 11.9 Å². The van der Waals surface area contributed by atoms with Gasteiger partial charge in [-0.2, -0.15) is 14.5 Å². The summed E-state index contributed by atoms with van der Waals surface area (Å²) in [6, 6.07) is 9.48. The summed E-state index contributed by atoms with van der Waals surface area (Å²) in [5.41, 5.74) is 8.37. The van der Waals surface area contributed by atoms with Crippen LogP contribution in [0, 0.1) is 22.9 Å². The Kier molecular flexibility index (Phi) is 6.23. The van der Waals surface area contributed by atoms with Gasteiger partial charge in [-0.1, -0.05) is 11.6 Å². The van der Waals surface area contributed by atoms with Crippen LogP contribution in [-0.4, -0.2) is 40.9 Å². The van der Waals surface area contributed by atoms with E-state index in [1.807, 2.05) is 18.3 Å². The monoisotopic (exact) mass is 545 g/mol. The second kappa shape index (κ2) is 9.87. The molecule has 1 aliphatic rings. The van der Waals surface area contributed by atoms with Crippen LogP contribution in [0.25, 0.3) is 27.9 Å². The SMILES string of the molecule is NC(=O)C1CC1CC(c1ccc(-c2c(-n3cnnn3)ccc(Cl)c2F)c[n+]1[O-])n1cc(-c2ccncc2)cn1. The summed E-state index contributed by atoms with van der Waals surface area (Å²) in [5.74, 6) is -1.27. The van der Waals surface area contributed by atoms with E-state index >= 15 is 4.39 Å². The fourth-order valence-corrected chi connectivity index (χ4v) is 5.04. The number of carbonyl (C=O) groups excluding carboxylic acids is 1. The Balaban J connectivity index is 1.40. The third-order valence-electron chi connectivity index (χ3n) is 6.99. The highest BCUT2D eigenvalue weighted by Crippen LogP contribution is 2.45. The van der Waals surface area contributed by atoms with Crippen LogP contribution in [-0.2, 0) is 4.79 Å². The molecule has 3 atom stereocenters. The van der Waals surface area contributed by atoms with Gasteiger partial charge in [-0.05, 0) is 65.1 Å². The Morgan fingerprint density at radius 3 is 2.69 bits per heavy atom. The molecule has 1 aliphatic carbocycles. The Morgan fingerprint density at radius 2 is 2.00 bits per heavy atom. The number of nitrogens with two attached hydrogens (primary N) is 1. The standard InChI is InChI=1S/C26H21ClFN9O2/c27-20-2-4-22(36-14-31-33-34-36)24(25(20)28)16-1-3-21(37(39)13-16)23(10-17-9-19(17)26(29)38)35-12-18(11-32-35)15-5-7-30-8-6-15/h1-8,11-14,17,19,23H,9-10H2,(H2,29,38). The highest BCUT2D eigenvalue weighted by molar-refractivity contribution is 6.31. The molecule has 1 fully saturated rings. The molecule has 4 aromatic heterocycles. The topological polar surface area (TPSA) is 144 Å². The maximum atomic E-state index is 15.3. The molecule has 11 nitrogen and oxygen atoms in total. The number of aromatic nitrogens is 8. The van der Waals surface area contributed by atoms with Gasteiger partial charge in [0.2, 0.25) is 11.6 Å². The number of hydrogen-bond acceptors (Lipinski definition) is 7. The summed E-state index contributed by atoms with van der Waals surface area (Å²) >= 11 is 6.08. The van der Waals surface area contributed by atoms with Crippen molar-refractivity contribution in [2.45, 2.75) is 18.9 Å². The van der Waals surface area contributed by atoms with Crippen molar-refractivity contribution in [3.63, 3.8) is 0 Å². The normalized spacial score (nSPS) is 17.2. The fraction of sp³-hybridized carbons (Fsp3) is 0.192. The minimum atomic E-state index is -0.703. The molecule has 5 aromatic rings. The first-order valence-electron chi connectivity index (χ1n) is 12.1. The van der Waals surface area contributed by atoms with Crippen LogP contribution >= 0.6 is 11.6 Å². The zero-order chi connectivity index (χ0) is 27.1. The number of nitrogens with zero attached hydrogens (tertiary/aromatic N) is 8. The Labute approximate surface area is 226 Å². The van der Waals surface area contributed by atoms with Crippen LogP contribution in [0.1, 0.15) is 24.6 Å². The zero-order valence-electron chi connectivity index (χ0n) is 20.3. The van der Waals surface area contributed by atoms with Crippen molar-refractivity contribution >= 4 is 17.5 Å². The van der Waals surface area contributed by atoms with E-state index in [1.165, 1.54) is 23.3 Å². The van der Waals surface area contributed by atoms with E-state index in [4.69, 9.17) is 17.3 Å². The number of primary amides is 1. The second-order valence-corrected chi connectivity index (χ2v) is 9.79. The molecule has 4 heterocycles. The minimum absolute atomic E-state index is 0.0255. The molecule has 1 aromatic carbocycles. The molecule has 0 aliphatic heterocycles. The van der Waals surface area contributed by atoms with E-state index in [2.05, 4.69) is 25.6 Å². The maximum Gasteiger partial charge on any atom is 0.220 e. The van der Waals surface area contributed by atoms with Gasteiger partial charge < -0.3 is 10.9 Å². The smallest absolute Gasteiger partial charge is 0.220 e. The van der Waals surface area contributed by atoms with Gasteiger partial charge in [0, 0.05) is 36.1 Å². The Morgan fingerprint density at radius 1 is 1.18 bits per heavy atom. The average Bonchev–Trinajstić information content (AvgIpc) is 3.29. The van der Waals surface area contributed by atoms with Crippen LogP contribution in [0.5, 0.6) is 0 Å². The van der Waals surface area contributed by atoms with Crippen molar-refractivity contribution < 1.29 is 13.9 Å². The lowest BCUT2D eigenvalue weighted by atomic mass is 10.0. The van der Waals surface area contributed by atoms with Crippen molar-refractivity contribution in [1.29, 1.82) is 0 Å². The Bertz CT molecular complexity index is 1660. The lowest BCUT2D eigenvalue weighted by molar-refractivity contribution is -0.615. The molecule has 2 N–H and O–H groups in total. The molecule has 0 radical (unpaired) electrons. The third-order valence-corrected chi connectivity index (χ3v) is 7.28. The molecule has 0 spiro atoms. The summed E-state index contributed by atoms with van der Waals surface area (Å²) in [6.07, 6.45) is 10.7. The van der Waals surface area contributed by atoms with Gasteiger partial charge in [0.15, 0.2) is 12.0 Å². The number of halogens is 2. The van der Waals surface area contributed by atoms with Crippen LogP contribution in [0.15, 0.2) is 73.7 Å². The van der Waals surface area contributed by atoms with Crippen molar-refractivity contribution in [2.75, 3.05) is 0 Å². The van der Waals surface area contributed by atoms with Crippen molar-refractivity contribution in [2.24, 2.45) is 17.6 Å². The minimum Gasteiger partial charge on any atom is -0.618 e. The largest absolute Gasteiger partial charge is 0.618 e. The maximum absolute atomic E-state index is 15.3. The van der Waals surface area contributed by atoms with Gasteiger partial charge in [-0.3, -0.25) is 14.5 Å². The van der Waals surface area contributed by atoms with Crippen molar-refractivity contribution in [1.82, 2.24) is 35.0 Å². The van der Waals surface area contributed by atoms with E-state index in [1.54, 1.807) is 41.5 Å². The first-order valence-corrected chi connectivity index (χ1v) is 12.5. The molecule has 0 bridgehead atoms. The van der Waals surface area contributed by atoms with E-state index in [0.717, 1.165) is 11.1 Å². The molecule has 0 saturated heterocycles. The summed E-state index contributed by atoms with van der Waals surface area (Å²) in [7, 11) is 0. The average molecular weight is 546 g/mol. The molecule has 1 amide bonds. The molecule has 3 unspecified atom stereocenters. The lowest BCUT2D eigenvalue weighted by Gasteiger charge is -2.18. The van der Waals surface area contributed by atoms with E-state index in [9.17, 15) is 10.0 Å². The first kappa shape index (κ1) is 24.6. The van der Waals surface area contributed by atoms with Crippen molar-refractivity contribution in [3.05, 3.63) is 95.5 Å². The van der Waals surface area contributed by atoms with Crippen molar-refractivity contribution in [3.8, 4) is 27.9 Å². The van der Waals surface area contributed by atoms with Crippen LogP contribution < -0.4 is 10.5 Å². The van der Waals surface area contributed by atoms with Gasteiger partial charge in [-0.15, -0.1) is 5.10 Å². The fourth-order valence-electron chi connectivity index (χ4n) is 4.89. The summed E-state index contributed by atoms with van der Waals surface area (Å²) < 4.78 is 19.0. The number of amides is 1. The molecule has 1 saturated carbocycles. The zero-order valence-corrected chi connectivity index (χ0v) is 21.1. The number of benzene rings is 1. The molecular weight excluding hydrogens is 525 g/mol. The summed E-state index contributed by atoms with van der Waals surface area (Å²) in [6.45, 7) is 0. The van der Waals surface area contributed by atoms with Gasteiger partial charge in [-0.25, -0.2) is 4.39 Å². The number of pyridine rings is 2. The summed E-state index contributed by atoms with van der Waals surface area (Å²) in [5, 5.41) is 29.0. The molecule has 13 heteroatoms. The van der Waals surface area contributed by atoms with Gasteiger partial charge in [0.1, 0.15) is 12.4 Å². The third kappa shape index (κ3) is 4.70. The number of hydrogen-bond donors (Lipinski definition) is 1. The molecule has 196 valence electrons. The molecule has 6 rings (SSSR count). The predicted molar refractivity (Wildman–Crippen MR) is 138 cm³/mol. The second-order valence-electron chi connectivity index (χ2n) is 9.38. The highest BCUT2D eigenvalue weighted by Gasteiger charge is 2.44. The van der Waals surface area contributed by atoms with Gasteiger partial charge in [0.05, 0.1) is 28.0 Å². The van der Waals surface area contributed by atoms with Crippen LogP contribution in [0.2, 0.25) is 5.02 Å². The van der Waals surface area contributed by atoms with E-state index in [0.29, 0.717) is 29.0 Å². The van der Waals surface area contributed by atoms with E-state index in [-0.39, 0.29) is 33.9 Å². The number of carbonyl (C=O) groups is 1. The number of rotatable bonds is 8. The highest BCUT2D eigenvalue weighted by atomic mass is 35.5. The predicted octanol–water partition coefficient (Wildman–Crippen LogP) is 3.11. The van der Waals surface area contributed by atoms with Crippen LogP contribution in [0.4, 0.5) is 4.39 Å².